The van der Waals surface area contributed by atoms with E-state index >= 15 is 0 Å². The molecule has 1 atom stereocenters. The maximum Gasteiger partial charge on any atom is 0.229 e. The average molecular weight is 299 g/mol. The minimum absolute atomic E-state index is 0.435. The number of hydrogen-bond donors (Lipinski definition) is 1. The fraction of sp³-hybridized carbons (Fsp3) is 0.846. The van der Waals surface area contributed by atoms with Crippen molar-refractivity contribution in [3.63, 3.8) is 0 Å². The van der Waals surface area contributed by atoms with Gasteiger partial charge in [-0.15, -0.1) is 11.8 Å². The summed E-state index contributed by atoms with van der Waals surface area (Å²) in [6.45, 7) is 0. The van der Waals surface area contributed by atoms with E-state index in [0.717, 1.165) is 17.5 Å². The lowest BCUT2D eigenvalue weighted by Crippen LogP contribution is -2.29. The minimum atomic E-state index is 0.435. The molecule has 4 nitrogen and oxygen atoms in total. The van der Waals surface area contributed by atoms with Gasteiger partial charge in [0.2, 0.25) is 5.89 Å². The SMILES string of the molecule is CNC1CCC(c2nc(C3CSCCS3)no2)CC1. The van der Waals surface area contributed by atoms with Crippen LogP contribution in [-0.4, -0.2) is 40.5 Å². The molecule has 0 aromatic carbocycles. The summed E-state index contributed by atoms with van der Waals surface area (Å²) in [7, 11) is 2.05. The predicted molar refractivity (Wildman–Crippen MR) is 80.9 cm³/mol. The third-order valence-electron chi connectivity index (χ3n) is 4.05. The van der Waals surface area contributed by atoms with Gasteiger partial charge in [-0.05, 0) is 32.7 Å². The highest BCUT2D eigenvalue weighted by Gasteiger charge is 2.28. The van der Waals surface area contributed by atoms with Gasteiger partial charge in [-0.3, -0.25) is 0 Å². The van der Waals surface area contributed by atoms with Gasteiger partial charge in [0.1, 0.15) is 0 Å². The first-order chi connectivity index (χ1) is 9.36. The van der Waals surface area contributed by atoms with Crippen LogP contribution >= 0.6 is 23.5 Å². The Bertz CT molecular complexity index is 398. The fourth-order valence-corrected chi connectivity index (χ4v) is 5.40. The molecule has 1 saturated carbocycles. The summed E-state index contributed by atoms with van der Waals surface area (Å²) in [5.74, 6) is 5.85. The lowest BCUT2D eigenvalue weighted by molar-refractivity contribution is 0.287. The van der Waals surface area contributed by atoms with Gasteiger partial charge < -0.3 is 9.84 Å². The second kappa shape index (κ2) is 6.50. The van der Waals surface area contributed by atoms with Crippen molar-refractivity contribution in [3.8, 4) is 0 Å². The Hall–Kier alpha value is -0.200. The van der Waals surface area contributed by atoms with Crippen LogP contribution in [0.1, 0.15) is 48.6 Å². The van der Waals surface area contributed by atoms with Crippen LogP contribution in [0.15, 0.2) is 4.52 Å². The molecule has 2 aliphatic rings. The molecule has 1 aliphatic carbocycles. The standard InChI is InChI=1S/C13H21N3OS2/c1-14-10-4-2-9(3-5-10)13-15-12(16-17-13)11-8-18-6-7-19-11/h9-11,14H,2-8H2,1H3. The topological polar surface area (TPSA) is 51.0 Å². The van der Waals surface area contributed by atoms with Gasteiger partial charge in [-0.2, -0.15) is 16.7 Å². The fourth-order valence-electron chi connectivity index (χ4n) is 2.81. The summed E-state index contributed by atoms with van der Waals surface area (Å²) < 4.78 is 5.52. The third-order valence-corrected chi connectivity index (χ3v) is 6.80. The van der Waals surface area contributed by atoms with E-state index < -0.39 is 0 Å². The molecule has 0 bridgehead atoms. The van der Waals surface area contributed by atoms with Gasteiger partial charge in [-0.25, -0.2) is 0 Å². The Balaban J connectivity index is 1.61. The van der Waals surface area contributed by atoms with Crippen LogP contribution in [0.25, 0.3) is 0 Å². The first-order valence-corrected chi connectivity index (χ1v) is 9.27. The number of nitrogens with one attached hydrogen (secondary N) is 1. The Morgan fingerprint density at radius 1 is 1.21 bits per heavy atom. The van der Waals surface area contributed by atoms with Crippen molar-refractivity contribution in [2.24, 2.45) is 0 Å². The summed E-state index contributed by atoms with van der Waals surface area (Å²) in [6, 6.07) is 0.670. The zero-order chi connectivity index (χ0) is 13.1. The quantitative estimate of drug-likeness (QED) is 0.926. The van der Waals surface area contributed by atoms with Gasteiger partial charge in [0.25, 0.3) is 0 Å². The number of thioether (sulfide) groups is 2. The average Bonchev–Trinajstić information content (AvgIpc) is 2.98. The second-order valence-corrected chi connectivity index (χ2v) is 7.72. The van der Waals surface area contributed by atoms with Crippen LogP contribution < -0.4 is 5.32 Å². The van der Waals surface area contributed by atoms with E-state index in [0.29, 0.717) is 17.2 Å². The van der Waals surface area contributed by atoms with E-state index in [1.807, 2.05) is 30.6 Å². The molecule has 1 aliphatic heterocycles. The zero-order valence-electron chi connectivity index (χ0n) is 11.3. The van der Waals surface area contributed by atoms with E-state index in [2.05, 4.69) is 15.5 Å². The smallest absolute Gasteiger partial charge is 0.229 e. The molecule has 0 radical (unpaired) electrons. The number of rotatable bonds is 3. The Kier molecular flexibility index (Phi) is 4.71. The van der Waals surface area contributed by atoms with Crippen molar-refractivity contribution >= 4 is 23.5 Å². The molecule has 0 amide bonds. The van der Waals surface area contributed by atoms with Crippen molar-refractivity contribution in [3.05, 3.63) is 11.7 Å². The van der Waals surface area contributed by atoms with Crippen molar-refractivity contribution in [1.29, 1.82) is 0 Å². The highest BCUT2D eigenvalue weighted by Crippen LogP contribution is 2.37. The Morgan fingerprint density at radius 3 is 2.74 bits per heavy atom. The molecule has 1 aromatic rings. The maximum absolute atomic E-state index is 5.52. The lowest BCUT2D eigenvalue weighted by atomic mass is 9.86. The van der Waals surface area contributed by atoms with Crippen molar-refractivity contribution in [1.82, 2.24) is 15.5 Å². The minimum Gasteiger partial charge on any atom is -0.339 e. The normalized spacial score (nSPS) is 32.4. The van der Waals surface area contributed by atoms with Crippen molar-refractivity contribution in [2.45, 2.75) is 42.9 Å². The highest BCUT2D eigenvalue weighted by atomic mass is 32.2. The number of nitrogens with zero attached hydrogens (tertiary/aromatic N) is 2. The zero-order valence-corrected chi connectivity index (χ0v) is 12.9. The van der Waals surface area contributed by atoms with Crippen LogP contribution in [0.4, 0.5) is 0 Å². The molecule has 2 fully saturated rings. The van der Waals surface area contributed by atoms with E-state index in [9.17, 15) is 0 Å². The molecule has 1 N–H and O–H groups in total. The van der Waals surface area contributed by atoms with Crippen LogP contribution in [0, 0.1) is 0 Å². The molecular weight excluding hydrogens is 278 g/mol. The van der Waals surface area contributed by atoms with Crippen molar-refractivity contribution in [2.75, 3.05) is 24.3 Å². The van der Waals surface area contributed by atoms with E-state index in [-0.39, 0.29) is 0 Å². The molecule has 1 saturated heterocycles. The second-order valence-electron chi connectivity index (χ2n) is 5.26. The predicted octanol–water partition coefficient (Wildman–Crippen LogP) is 2.84. The van der Waals surface area contributed by atoms with Gasteiger partial charge in [0.15, 0.2) is 5.82 Å². The molecule has 2 heterocycles. The van der Waals surface area contributed by atoms with E-state index in [4.69, 9.17) is 4.52 Å². The molecule has 6 heteroatoms. The summed E-state index contributed by atoms with van der Waals surface area (Å²) in [5, 5.41) is 8.01. The van der Waals surface area contributed by atoms with Gasteiger partial charge in [0, 0.05) is 29.2 Å². The van der Waals surface area contributed by atoms with E-state index in [1.165, 1.54) is 37.2 Å². The summed E-state index contributed by atoms with van der Waals surface area (Å²) >= 11 is 3.96. The largest absolute Gasteiger partial charge is 0.339 e. The molecule has 106 valence electrons. The summed E-state index contributed by atoms with van der Waals surface area (Å²) in [4.78, 5) is 4.68. The molecular formula is C13H21N3OS2. The van der Waals surface area contributed by atoms with Crippen LogP contribution in [0.5, 0.6) is 0 Å². The monoisotopic (exact) mass is 299 g/mol. The molecule has 0 spiro atoms. The lowest BCUT2D eigenvalue weighted by Gasteiger charge is -2.25. The van der Waals surface area contributed by atoms with E-state index in [1.54, 1.807) is 0 Å². The first-order valence-electron chi connectivity index (χ1n) is 7.07. The van der Waals surface area contributed by atoms with Crippen LogP contribution in [0.3, 0.4) is 0 Å². The summed E-state index contributed by atoms with van der Waals surface area (Å²) in [5.41, 5.74) is 0. The molecule has 3 rings (SSSR count). The molecule has 19 heavy (non-hydrogen) atoms. The van der Waals surface area contributed by atoms with Gasteiger partial charge in [-0.1, -0.05) is 5.16 Å². The maximum atomic E-state index is 5.52. The summed E-state index contributed by atoms with van der Waals surface area (Å²) in [6.07, 6.45) is 4.76. The number of aromatic nitrogens is 2. The molecule has 1 aromatic heterocycles. The van der Waals surface area contributed by atoms with Crippen LogP contribution in [0.2, 0.25) is 0 Å². The third kappa shape index (κ3) is 3.28. The Labute approximate surface area is 122 Å². The van der Waals surface area contributed by atoms with Gasteiger partial charge in [0.05, 0.1) is 5.25 Å². The molecule has 1 unspecified atom stereocenters. The Morgan fingerprint density at radius 2 is 2.05 bits per heavy atom. The highest BCUT2D eigenvalue weighted by molar-refractivity contribution is 8.06. The van der Waals surface area contributed by atoms with Gasteiger partial charge >= 0.3 is 0 Å². The van der Waals surface area contributed by atoms with Crippen LogP contribution in [-0.2, 0) is 0 Å². The number of hydrogen-bond acceptors (Lipinski definition) is 6. The first kappa shape index (κ1) is 13.8. The van der Waals surface area contributed by atoms with Crippen molar-refractivity contribution < 1.29 is 4.52 Å².